The number of hydrogen-bond donors (Lipinski definition) is 5. The van der Waals surface area contributed by atoms with Crippen LogP contribution < -0.4 is 5.73 Å². The van der Waals surface area contributed by atoms with Gasteiger partial charge in [-0.1, -0.05) is 0 Å². The van der Waals surface area contributed by atoms with Gasteiger partial charge in [-0.25, -0.2) is 9.97 Å². The smallest absolute Gasteiger partial charge is 0.234 e. The van der Waals surface area contributed by atoms with E-state index in [1.807, 2.05) is 0 Å². The molecular formula is C11H13N3O5S. The Hall–Kier alpha value is -1.36. The number of nitrogen functional groups attached to an aromatic ring is 1. The number of ether oxygens (including phenoxy) is 1. The van der Waals surface area contributed by atoms with Crippen LogP contribution in [0, 0.1) is 0 Å². The van der Waals surface area contributed by atoms with E-state index < -0.39 is 30.7 Å². The maximum atomic E-state index is 10.5. The van der Waals surface area contributed by atoms with Crippen molar-refractivity contribution in [3.8, 4) is 0 Å². The molecule has 3 heterocycles. The molecule has 4 atom stereocenters. The minimum atomic E-state index is -2.14. The van der Waals surface area contributed by atoms with Crippen molar-refractivity contribution >= 4 is 28.1 Å². The highest BCUT2D eigenvalue weighted by Crippen LogP contribution is 2.43. The summed E-state index contributed by atoms with van der Waals surface area (Å²) in [5, 5.41) is 41.6. The zero-order chi connectivity index (χ0) is 14.5. The number of fused-ring (bicyclic) bond motifs is 1. The summed E-state index contributed by atoms with van der Waals surface area (Å²) in [6.45, 7) is -0.527. The summed E-state index contributed by atoms with van der Waals surface area (Å²) in [5.74, 6) is -1.90. The molecule has 0 aliphatic carbocycles. The molecule has 1 aliphatic rings. The number of nitrogens with zero attached hydrogens (tertiary/aromatic N) is 2. The van der Waals surface area contributed by atoms with Gasteiger partial charge < -0.3 is 30.9 Å². The minimum absolute atomic E-state index is 0.212. The van der Waals surface area contributed by atoms with Crippen LogP contribution in [-0.2, 0) is 10.5 Å². The monoisotopic (exact) mass is 299 g/mol. The Morgan fingerprint density at radius 1 is 1.40 bits per heavy atom. The van der Waals surface area contributed by atoms with Crippen molar-refractivity contribution in [3.05, 3.63) is 16.6 Å². The predicted molar refractivity (Wildman–Crippen MR) is 69.7 cm³/mol. The standard InChI is InChI=1S/C11H13N3O5S/c12-10-4-2-20-9(6(4)13-3-14-10)11(18)8(17)7(16)5(1-15)19-11/h2-3,5,7-8,15-18H,1H2,(H2,12,13,14)/t5-,7-,8-,11?/m1/s1. The molecule has 3 rings (SSSR count). The molecule has 1 aliphatic heterocycles. The summed E-state index contributed by atoms with van der Waals surface area (Å²) < 4.78 is 5.23. The molecule has 0 bridgehead atoms. The van der Waals surface area contributed by atoms with Gasteiger partial charge in [0.25, 0.3) is 0 Å². The number of aromatic nitrogens is 2. The Balaban J connectivity index is 2.13. The number of aliphatic hydroxyl groups is 4. The van der Waals surface area contributed by atoms with E-state index in [9.17, 15) is 15.3 Å². The fraction of sp³-hybridized carbons (Fsp3) is 0.455. The molecule has 1 unspecified atom stereocenters. The lowest BCUT2D eigenvalue weighted by atomic mass is 10.0. The third-order valence-electron chi connectivity index (χ3n) is 3.37. The van der Waals surface area contributed by atoms with Crippen LogP contribution in [0.4, 0.5) is 5.82 Å². The van der Waals surface area contributed by atoms with Crippen LogP contribution in [-0.4, -0.2) is 55.3 Å². The number of hydrogen-bond acceptors (Lipinski definition) is 9. The zero-order valence-electron chi connectivity index (χ0n) is 10.2. The van der Waals surface area contributed by atoms with Crippen LogP contribution in [0.25, 0.3) is 10.9 Å². The van der Waals surface area contributed by atoms with E-state index >= 15 is 0 Å². The second-order valence-electron chi connectivity index (χ2n) is 4.56. The quantitative estimate of drug-likeness (QED) is 0.452. The van der Waals surface area contributed by atoms with Crippen LogP contribution >= 0.6 is 11.3 Å². The molecule has 20 heavy (non-hydrogen) atoms. The highest BCUT2D eigenvalue weighted by atomic mass is 32.1. The van der Waals surface area contributed by atoms with Gasteiger partial charge in [0.05, 0.1) is 22.4 Å². The summed E-state index contributed by atoms with van der Waals surface area (Å²) in [6.07, 6.45) is -2.84. The van der Waals surface area contributed by atoms with Crippen LogP contribution in [0.2, 0.25) is 0 Å². The number of anilines is 1. The Kier molecular flexibility index (Phi) is 3.12. The second kappa shape index (κ2) is 4.58. The summed E-state index contributed by atoms with van der Waals surface area (Å²) in [6, 6.07) is 0. The Labute approximate surface area is 117 Å². The van der Waals surface area contributed by atoms with E-state index in [4.69, 9.17) is 15.6 Å². The van der Waals surface area contributed by atoms with Gasteiger partial charge in [0.15, 0.2) is 0 Å². The first-order valence-corrected chi connectivity index (χ1v) is 6.72. The Morgan fingerprint density at radius 3 is 2.80 bits per heavy atom. The largest absolute Gasteiger partial charge is 0.394 e. The molecule has 0 aromatic carbocycles. The van der Waals surface area contributed by atoms with Crippen LogP contribution in [0.1, 0.15) is 4.88 Å². The van der Waals surface area contributed by atoms with Crippen LogP contribution in [0.3, 0.4) is 0 Å². The number of aliphatic hydroxyl groups excluding tert-OH is 3. The third-order valence-corrected chi connectivity index (χ3v) is 4.44. The molecule has 1 fully saturated rings. The van der Waals surface area contributed by atoms with E-state index in [2.05, 4.69) is 9.97 Å². The fourth-order valence-electron chi connectivity index (χ4n) is 2.27. The topological polar surface area (TPSA) is 142 Å². The Morgan fingerprint density at radius 2 is 2.15 bits per heavy atom. The van der Waals surface area contributed by atoms with Crippen molar-refractivity contribution in [1.29, 1.82) is 0 Å². The van der Waals surface area contributed by atoms with E-state index in [1.165, 1.54) is 6.33 Å². The van der Waals surface area contributed by atoms with E-state index in [0.29, 0.717) is 10.9 Å². The van der Waals surface area contributed by atoms with Crippen LogP contribution in [0.15, 0.2) is 11.7 Å². The molecule has 9 heteroatoms. The van der Waals surface area contributed by atoms with E-state index in [-0.39, 0.29) is 10.7 Å². The molecule has 6 N–H and O–H groups in total. The average molecular weight is 299 g/mol. The third kappa shape index (κ3) is 1.72. The normalized spacial score (nSPS) is 33.9. The predicted octanol–water partition coefficient (Wildman–Crippen LogP) is -1.47. The molecule has 8 nitrogen and oxygen atoms in total. The molecule has 1 saturated heterocycles. The van der Waals surface area contributed by atoms with Crippen molar-refractivity contribution < 1.29 is 25.2 Å². The maximum absolute atomic E-state index is 10.5. The van der Waals surface area contributed by atoms with Gasteiger partial charge in [0.2, 0.25) is 5.79 Å². The van der Waals surface area contributed by atoms with Crippen molar-refractivity contribution in [1.82, 2.24) is 9.97 Å². The molecule has 0 saturated carbocycles. The molecule has 108 valence electrons. The summed E-state index contributed by atoms with van der Waals surface area (Å²) in [7, 11) is 0. The SMILES string of the molecule is Nc1ncnc2c(C3(O)O[C@H](CO)[C@@H](O)[C@H]3O)scc12. The molecule has 0 amide bonds. The summed E-state index contributed by atoms with van der Waals surface area (Å²) in [4.78, 5) is 8.07. The van der Waals surface area contributed by atoms with E-state index in [1.54, 1.807) is 5.38 Å². The average Bonchev–Trinajstić information content (AvgIpc) is 2.96. The lowest BCUT2D eigenvalue weighted by Gasteiger charge is -2.24. The number of nitrogens with two attached hydrogens (primary N) is 1. The second-order valence-corrected chi connectivity index (χ2v) is 5.44. The lowest BCUT2D eigenvalue weighted by molar-refractivity contribution is -0.236. The first kappa shape index (κ1) is 13.6. The van der Waals surface area contributed by atoms with Crippen molar-refractivity contribution in [2.75, 3.05) is 12.3 Å². The summed E-state index contributed by atoms with van der Waals surface area (Å²) in [5.41, 5.74) is 6.05. The first-order chi connectivity index (χ1) is 9.49. The molecular weight excluding hydrogens is 286 g/mol. The molecule has 0 radical (unpaired) electrons. The van der Waals surface area contributed by atoms with Crippen LogP contribution in [0.5, 0.6) is 0 Å². The molecule has 2 aromatic rings. The van der Waals surface area contributed by atoms with Gasteiger partial charge in [0, 0.05) is 5.38 Å². The van der Waals surface area contributed by atoms with Gasteiger partial charge in [-0.15, -0.1) is 11.3 Å². The van der Waals surface area contributed by atoms with Gasteiger partial charge in [-0.05, 0) is 0 Å². The summed E-state index contributed by atoms with van der Waals surface area (Å²) >= 11 is 1.08. The number of thiophene rings is 1. The van der Waals surface area contributed by atoms with Gasteiger partial charge >= 0.3 is 0 Å². The molecule has 0 spiro atoms. The van der Waals surface area contributed by atoms with Gasteiger partial charge in [-0.3, -0.25) is 0 Å². The minimum Gasteiger partial charge on any atom is -0.394 e. The van der Waals surface area contributed by atoms with Crippen molar-refractivity contribution in [2.45, 2.75) is 24.1 Å². The highest BCUT2D eigenvalue weighted by Gasteiger charge is 2.55. The lowest BCUT2D eigenvalue weighted by Crippen LogP contribution is -2.40. The van der Waals surface area contributed by atoms with Gasteiger partial charge in [-0.2, -0.15) is 0 Å². The number of rotatable bonds is 2. The highest BCUT2D eigenvalue weighted by molar-refractivity contribution is 7.11. The maximum Gasteiger partial charge on any atom is 0.234 e. The van der Waals surface area contributed by atoms with E-state index in [0.717, 1.165) is 11.3 Å². The van der Waals surface area contributed by atoms with Crippen molar-refractivity contribution in [3.63, 3.8) is 0 Å². The van der Waals surface area contributed by atoms with Crippen molar-refractivity contribution in [2.24, 2.45) is 0 Å². The first-order valence-electron chi connectivity index (χ1n) is 5.84. The van der Waals surface area contributed by atoms with Gasteiger partial charge in [0.1, 0.15) is 30.5 Å². The zero-order valence-corrected chi connectivity index (χ0v) is 11.0. The molecule has 2 aromatic heterocycles. The Bertz CT molecular complexity index is 650. The fourth-order valence-corrected chi connectivity index (χ4v) is 3.35.